The topological polar surface area (TPSA) is 84.5 Å². The lowest BCUT2D eigenvalue weighted by Crippen LogP contribution is -2.62. The van der Waals surface area contributed by atoms with Crippen LogP contribution >= 0.6 is 23.2 Å². The Morgan fingerprint density at radius 1 is 1.16 bits per heavy atom. The Balaban J connectivity index is 2.05. The second-order valence-corrected chi connectivity index (χ2v) is 8.71. The maximum atomic E-state index is 13.7. The highest BCUT2D eigenvalue weighted by molar-refractivity contribution is 6.31. The van der Waals surface area contributed by atoms with Crippen molar-refractivity contribution in [3.8, 4) is 0 Å². The Bertz CT molecular complexity index is 1150. The number of anilines is 1. The van der Waals surface area contributed by atoms with Crippen LogP contribution in [0.2, 0.25) is 10.0 Å². The molecule has 2 aliphatic rings. The van der Waals surface area contributed by atoms with Gasteiger partial charge in [-0.2, -0.15) is 0 Å². The molecule has 3 atom stereocenters. The number of carbonyl (C=O) groups is 3. The standard InChI is InChI=1S/C23H20Cl2N2O4/c1-11(2)20-23(16-7-5-13(25)9-18(16)26-22(23)30)17(10-19(28)27-20)15-8-12(24)4-6-14(15)21(29)31-3/h4-9,17,20H,1,10H2,2-3H3,(H,26,30)(H,27,28)/t17-,20+,23-/m0/s1. The largest absolute Gasteiger partial charge is 0.465 e. The summed E-state index contributed by atoms with van der Waals surface area (Å²) >= 11 is 12.4. The lowest BCUT2D eigenvalue weighted by molar-refractivity contribution is -0.130. The minimum atomic E-state index is -1.24. The number of hydrogen-bond donors (Lipinski definition) is 2. The van der Waals surface area contributed by atoms with Gasteiger partial charge in [-0.05, 0) is 48.4 Å². The van der Waals surface area contributed by atoms with Crippen molar-refractivity contribution in [1.29, 1.82) is 0 Å². The van der Waals surface area contributed by atoms with E-state index in [2.05, 4.69) is 17.2 Å². The third-order valence-electron chi connectivity index (χ3n) is 6.04. The van der Waals surface area contributed by atoms with Crippen molar-refractivity contribution in [2.24, 2.45) is 0 Å². The molecule has 1 saturated heterocycles. The summed E-state index contributed by atoms with van der Waals surface area (Å²) in [4.78, 5) is 39.0. The highest BCUT2D eigenvalue weighted by Crippen LogP contribution is 2.55. The van der Waals surface area contributed by atoms with Crippen LogP contribution in [0, 0.1) is 0 Å². The number of amides is 2. The fourth-order valence-corrected chi connectivity index (χ4v) is 5.18. The number of piperidine rings is 1. The zero-order chi connectivity index (χ0) is 22.5. The van der Waals surface area contributed by atoms with E-state index < -0.39 is 23.3 Å². The van der Waals surface area contributed by atoms with Crippen LogP contribution in [0.25, 0.3) is 0 Å². The Morgan fingerprint density at radius 2 is 1.84 bits per heavy atom. The summed E-state index contributed by atoms with van der Waals surface area (Å²) in [6.45, 7) is 5.80. The van der Waals surface area contributed by atoms with E-state index in [0.29, 0.717) is 32.4 Å². The van der Waals surface area contributed by atoms with Crippen molar-refractivity contribution in [3.63, 3.8) is 0 Å². The molecule has 0 unspecified atom stereocenters. The molecule has 2 aromatic carbocycles. The molecule has 0 bridgehead atoms. The molecule has 2 amide bonds. The highest BCUT2D eigenvalue weighted by atomic mass is 35.5. The Kier molecular flexibility index (Phi) is 5.31. The molecular weight excluding hydrogens is 439 g/mol. The molecule has 2 aliphatic heterocycles. The number of esters is 1. The van der Waals surface area contributed by atoms with E-state index in [1.807, 2.05) is 0 Å². The lowest BCUT2D eigenvalue weighted by atomic mass is 9.59. The number of fused-ring (bicyclic) bond motifs is 2. The van der Waals surface area contributed by atoms with Gasteiger partial charge in [-0.15, -0.1) is 0 Å². The first kappa shape index (κ1) is 21.4. The summed E-state index contributed by atoms with van der Waals surface area (Å²) in [5, 5.41) is 6.69. The molecule has 0 aliphatic carbocycles. The lowest BCUT2D eigenvalue weighted by Gasteiger charge is -2.46. The number of rotatable bonds is 3. The monoisotopic (exact) mass is 458 g/mol. The van der Waals surface area contributed by atoms with Gasteiger partial charge in [0.15, 0.2) is 0 Å². The molecule has 1 spiro atoms. The summed E-state index contributed by atoms with van der Waals surface area (Å²) in [5.74, 6) is -1.83. The third kappa shape index (κ3) is 3.22. The van der Waals surface area contributed by atoms with Gasteiger partial charge in [0.2, 0.25) is 11.8 Å². The highest BCUT2D eigenvalue weighted by Gasteiger charge is 2.61. The minimum absolute atomic E-state index is 0.0242. The Labute approximate surface area is 189 Å². The number of carbonyl (C=O) groups excluding carboxylic acids is 3. The predicted octanol–water partition coefficient (Wildman–Crippen LogP) is 4.22. The van der Waals surface area contributed by atoms with Crippen molar-refractivity contribution in [2.75, 3.05) is 12.4 Å². The summed E-state index contributed by atoms with van der Waals surface area (Å²) < 4.78 is 4.95. The van der Waals surface area contributed by atoms with E-state index in [1.54, 1.807) is 43.3 Å². The van der Waals surface area contributed by atoms with Gasteiger partial charge in [-0.1, -0.05) is 41.4 Å². The van der Waals surface area contributed by atoms with Crippen molar-refractivity contribution in [2.45, 2.75) is 30.7 Å². The molecule has 2 N–H and O–H groups in total. The molecule has 8 heteroatoms. The van der Waals surface area contributed by atoms with Gasteiger partial charge in [-0.25, -0.2) is 4.79 Å². The Morgan fingerprint density at radius 3 is 2.52 bits per heavy atom. The molecule has 4 rings (SSSR count). The molecular formula is C23H20Cl2N2O4. The molecule has 160 valence electrons. The molecule has 6 nitrogen and oxygen atoms in total. The van der Waals surface area contributed by atoms with Gasteiger partial charge in [0, 0.05) is 28.1 Å². The van der Waals surface area contributed by atoms with E-state index in [4.69, 9.17) is 27.9 Å². The molecule has 0 saturated carbocycles. The van der Waals surface area contributed by atoms with Gasteiger partial charge in [0.1, 0.15) is 5.41 Å². The number of hydrogen-bond acceptors (Lipinski definition) is 4. The number of benzene rings is 2. The maximum Gasteiger partial charge on any atom is 0.338 e. The normalized spacial score (nSPS) is 24.4. The first-order valence-corrected chi connectivity index (χ1v) is 10.4. The third-order valence-corrected chi connectivity index (χ3v) is 6.51. The zero-order valence-corrected chi connectivity index (χ0v) is 18.4. The minimum Gasteiger partial charge on any atom is -0.465 e. The van der Waals surface area contributed by atoms with Crippen molar-refractivity contribution in [3.05, 3.63) is 75.3 Å². The van der Waals surface area contributed by atoms with Gasteiger partial charge in [0.25, 0.3) is 0 Å². The van der Waals surface area contributed by atoms with Crippen LogP contribution in [0.5, 0.6) is 0 Å². The second kappa shape index (κ2) is 7.70. The number of halogens is 2. The van der Waals surface area contributed by atoms with E-state index in [0.717, 1.165) is 0 Å². The van der Waals surface area contributed by atoms with Gasteiger partial charge in [0.05, 0.1) is 18.7 Å². The Hall–Kier alpha value is -2.83. The number of nitrogens with one attached hydrogen (secondary N) is 2. The zero-order valence-electron chi connectivity index (χ0n) is 16.9. The van der Waals surface area contributed by atoms with Crippen LogP contribution in [-0.2, 0) is 19.7 Å². The molecule has 0 aromatic heterocycles. The molecule has 0 radical (unpaired) electrons. The van der Waals surface area contributed by atoms with Crippen LogP contribution in [0.1, 0.15) is 40.7 Å². The molecule has 1 fully saturated rings. The van der Waals surface area contributed by atoms with Gasteiger partial charge in [-0.3, -0.25) is 9.59 Å². The molecule has 2 aromatic rings. The first-order chi connectivity index (χ1) is 14.7. The van der Waals surface area contributed by atoms with Crippen molar-refractivity contribution >= 4 is 46.7 Å². The summed E-state index contributed by atoms with van der Waals surface area (Å²) in [6.07, 6.45) is -0.0242. The van der Waals surface area contributed by atoms with E-state index in [9.17, 15) is 14.4 Å². The van der Waals surface area contributed by atoms with Crippen molar-refractivity contribution in [1.82, 2.24) is 5.32 Å². The van der Waals surface area contributed by atoms with Gasteiger partial charge >= 0.3 is 5.97 Å². The summed E-state index contributed by atoms with van der Waals surface area (Å²) in [6, 6.07) is 9.19. The smallest absolute Gasteiger partial charge is 0.338 e. The predicted molar refractivity (Wildman–Crippen MR) is 119 cm³/mol. The first-order valence-electron chi connectivity index (χ1n) is 9.64. The van der Waals surface area contributed by atoms with Crippen LogP contribution in [0.15, 0.2) is 48.6 Å². The maximum absolute atomic E-state index is 13.7. The van der Waals surface area contributed by atoms with E-state index in [1.165, 1.54) is 7.11 Å². The van der Waals surface area contributed by atoms with E-state index in [-0.39, 0.29) is 23.8 Å². The molecule has 2 heterocycles. The fourth-order valence-electron chi connectivity index (χ4n) is 4.83. The number of ether oxygens (including phenoxy) is 1. The summed E-state index contributed by atoms with van der Waals surface area (Å²) in [7, 11) is 1.28. The SMILES string of the molecule is C=C(C)[C@H]1NC(=O)C[C@@H](c2cc(Cl)ccc2C(=O)OC)[C@]12C(=O)Nc1cc(Cl)ccc12. The average Bonchev–Trinajstić information content (AvgIpc) is 3.00. The van der Waals surface area contributed by atoms with Crippen LogP contribution in [0.4, 0.5) is 5.69 Å². The van der Waals surface area contributed by atoms with Crippen LogP contribution in [0.3, 0.4) is 0 Å². The van der Waals surface area contributed by atoms with Gasteiger partial charge < -0.3 is 15.4 Å². The van der Waals surface area contributed by atoms with E-state index >= 15 is 0 Å². The van der Waals surface area contributed by atoms with Crippen LogP contribution < -0.4 is 10.6 Å². The van der Waals surface area contributed by atoms with Crippen LogP contribution in [-0.4, -0.2) is 30.9 Å². The second-order valence-electron chi connectivity index (χ2n) is 7.84. The average molecular weight is 459 g/mol. The molecule has 31 heavy (non-hydrogen) atoms. The quantitative estimate of drug-likeness (QED) is 0.532. The summed E-state index contributed by atoms with van der Waals surface area (Å²) in [5.41, 5.74) is 1.33. The fraction of sp³-hybridized carbons (Fsp3) is 0.261. The number of methoxy groups -OCH3 is 1. The van der Waals surface area contributed by atoms with Crippen molar-refractivity contribution < 1.29 is 19.1 Å².